The molecular formula is C22H29BrN2O4. The molecule has 7 heteroatoms. The first-order valence-corrected chi connectivity index (χ1v) is 10.9. The third-order valence-electron chi connectivity index (χ3n) is 5.83. The summed E-state index contributed by atoms with van der Waals surface area (Å²) in [4.78, 5) is 39.7. The molecule has 0 bridgehead atoms. The fourth-order valence-corrected chi connectivity index (χ4v) is 4.49. The van der Waals surface area contributed by atoms with Crippen molar-refractivity contribution in [2.75, 3.05) is 6.54 Å². The van der Waals surface area contributed by atoms with E-state index in [0.29, 0.717) is 19.4 Å². The molecule has 1 saturated carbocycles. The van der Waals surface area contributed by atoms with Crippen LogP contribution in [0.3, 0.4) is 0 Å². The highest BCUT2D eigenvalue weighted by atomic mass is 79.9. The smallest absolute Gasteiger partial charge is 0.410 e. The van der Waals surface area contributed by atoms with Crippen LogP contribution < -0.4 is 5.73 Å². The number of amides is 2. The van der Waals surface area contributed by atoms with Crippen LogP contribution in [-0.4, -0.2) is 40.9 Å². The number of halogens is 1. The Balaban J connectivity index is 1.75. The van der Waals surface area contributed by atoms with Crippen molar-refractivity contribution in [3.8, 4) is 0 Å². The first-order chi connectivity index (χ1) is 13.5. The molecule has 2 amide bonds. The summed E-state index contributed by atoms with van der Waals surface area (Å²) >= 11 is 3.41. The Morgan fingerprint density at radius 1 is 1.21 bits per heavy atom. The highest BCUT2D eigenvalue weighted by Gasteiger charge is 2.61. The lowest BCUT2D eigenvalue weighted by Crippen LogP contribution is -2.50. The van der Waals surface area contributed by atoms with Crippen LogP contribution >= 0.6 is 15.9 Å². The van der Waals surface area contributed by atoms with E-state index in [1.54, 1.807) is 20.8 Å². The van der Waals surface area contributed by atoms with Crippen LogP contribution in [0.1, 0.15) is 64.4 Å². The number of carbonyl (C=O) groups is 3. The van der Waals surface area contributed by atoms with Crippen molar-refractivity contribution in [1.82, 2.24) is 4.90 Å². The normalized spacial score (nSPS) is 26.7. The van der Waals surface area contributed by atoms with Gasteiger partial charge in [0, 0.05) is 17.4 Å². The average Bonchev–Trinajstić information content (AvgIpc) is 3.36. The second-order valence-electron chi connectivity index (χ2n) is 9.16. The van der Waals surface area contributed by atoms with Gasteiger partial charge in [0.1, 0.15) is 5.60 Å². The van der Waals surface area contributed by atoms with E-state index in [4.69, 9.17) is 10.5 Å². The van der Waals surface area contributed by atoms with Crippen LogP contribution in [0.2, 0.25) is 0 Å². The Kier molecular flexibility index (Phi) is 6.08. The molecule has 1 aromatic rings. The number of likely N-dealkylation sites (tertiary alicyclic amines) is 1. The van der Waals surface area contributed by atoms with Gasteiger partial charge in [0.2, 0.25) is 5.91 Å². The van der Waals surface area contributed by atoms with E-state index in [1.165, 1.54) is 4.90 Å². The zero-order chi connectivity index (χ0) is 21.4. The molecule has 0 aromatic heterocycles. The fraction of sp³-hybridized carbons (Fsp3) is 0.591. The van der Waals surface area contributed by atoms with Crippen molar-refractivity contribution in [3.63, 3.8) is 0 Å². The molecule has 2 N–H and O–H groups in total. The third kappa shape index (κ3) is 4.82. The number of hydrogen-bond donors (Lipinski definition) is 1. The Bertz CT molecular complexity index is 802. The molecule has 1 heterocycles. The Morgan fingerprint density at radius 2 is 1.86 bits per heavy atom. The molecule has 2 aliphatic rings. The summed E-state index contributed by atoms with van der Waals surface area (Å²) < 4.78 is 6.45. The van der Waals surface area contributed by atoms with Gasteiger partial charge in [-0.05, 0) is 70.1 Å². The van der Waals surface area contributed by atoms with Gasteiger partial charge in [-0.1, -0.05) is 28.1 Å². The summed E-state index contributed by atoms with van der Waals surface area (Å²) in [6.45, 7) is 5.91. The maximum atomic E-state index is 13.2. The minimum absolute atomic E-state index is 0.0596. The Morgan fingerprint density at radius 3 is 2.45 bits per heavy atom. The molecule has 1 saturated heterocycles. The van der Waals surface area contributed by atoms with Crippen molar-refractivity contribution in [1.29, 1.82) is 0 Å². The molecule has 158 valence electrons. The van der Waals surface area contributed by atoms with Crippen LogP contribution in [0.4, 0.5) is 4.79 Å². The summed E-state index contributed by atoms with van der Waals surface area (Å²) in [6.07, 6.45) is 2.46. The van der Waals surface area contributed by atoms with E-state index in [0.717, 1.165) is 22.9 Å². The van der Waals surface area contributed by atoms with Gasteiger partial charge in [-0.2, -0.15) is 0 Å². The molecule has 1 aromatic carbocycles. The lowest BCUT2D eigenvalue weighted by molar-refractivity contribution is -0.132. The van der Waals surface area contributed by atoms with Crippen molar-refractivity contribution in [3.05, 3.63) is 34.3 Å². The molecule has 2 fully saturated rings. The lowest BCUT2D eigenvalue weighted by Gasteiger charge is -2.36. The SMILES string of the molecule is CC(C)(C)OC(=O)N1CCCC[C@H]1C(=O)C[C@]1(C(N)=O)C[C@@H]1c1ccc(Br)cc1. The first-order valence-electron chi connectivity index (χ1n) is 10.1. The summed E-state index contributed by atoms with van der Waals surface area (Å²) in [5.41, 5.74) is 5.26. The van der Waals surface area contributed by atoms with Crippen molar-refractivity contribution in [2.24, 2.45) is 11.1 Å². The zero-order valence-corrected chi connectivity index (χ0v) is 18.8. The summed E-state index contributed by atoms with van der Waals surface area (Å²) in [7, 11) is 0. The number of nitrogens with zero attached hydrogens (tertiary/aromatic N) is 1. The van der Waals surface area contributed by atoms with Gasteiger partial charge in [0.15, 0.2) is 5.78 Å². The van der Waals surface area contributed by atoms with Gasteiger partial charge in [0.25, 0.3) is 0 Å². The number of piperidine rings is 1. The van der Waals surface area contributed by atoms with Crippen molar-refractivity contribution in [2.45, 2.75) is 70.4 Å². The van der Waals surface area contributed by atoms with Crippen LogP contribution in [0.25, 0.3) is 0 Å². The molecule has 0 radical (unpaired) electrons. The minimum atomic E-state index is -0.859. The fourth-order valence-electron chi connectivity index (χ4n) is 4.23. The highest BCUT2D eigenvalue weighted by molar-refractivity contribution is 9.10. The van der Waals surface area contributed by atoms with Crippen molar-refractivity contribution >= 4 is 33.7 Å². The zero-order valence-electron chi connectivity index (χ0n) is 17.2. The van der Waals surface area contributed by atoms with Gasteiger partial charge in [-0.25, -0.2) is 4.79 Å². The number of benzene rings is 1. The maximum Gasteiger partial charge on any atom is 0.410 e. The number of rotatable bonds is 5. The van der Waals surface area contributed by atoms with Crippen LogP contribution in [-0.2, 0) is 14.3 Å². The molecule has 0 unspecified atom stereocenters. The molecule has 6 nitrogen and oxygen atoms in total. The topological polar surface area (TPSA) is 89.7 Å². The predicted molar refractivity (Wildman–Crippen MR) is 113 cm³/mol. The number of hydrogen-bond acceptors (Lipinski definition) is 4. The van der Waals surface area contributed by atoms with E-state index in [-0.39, 0.29) is 18.1 Å². The summed E-state index contributed by atoms with van der Waals surface area (Å²) in [6, 6.07) is 7.20. The van der Waals surface area contributed by atoms with Crippen LogP contribution in [0.15, 0.2) is 28.7 Å². The maximum absolute atomic E-state index is 13.2. The lowest BCUT2D eigenvalue weighted by atomic mass is 9.87. The molecule has 29 heavy (non-hydrogen) atoms. The second-order valence-corrected chi connectivity index (χ2v) is 10.1. The van der Waals surface area contributed by atoms with E-state index in [9.17, 15) is 14.4 Å². The van der Waals surface area contributed by atoms with Gasteiger partial charge in [-0.3, -0.25) is 14.5 Å². The van der Waals surface area contributed by atoms with Gasteiger partial charge in [-0.15, -0.1) is 0 Å². The quantitative estimate of drug-likeness (QED) is 0.707. The number of primary amides is 1. The molecular weight excluding hydrogens is 436 g/mol. The van der Waals surface area contributed by atoms with Crippen LogP contribution in [0.5, 0.6) is 0 Å². The number of nitrogens with two attached hydrogens (primary N) is 1. The third-order valence-corrected chi connectivity index (χ3v) is 6.36. The van der Waals surface area contributed by atoms with E-state index < -0.39 is 29.1 Å². The Hall–Kier alpha value is -1.89. The van der Waals surface area contributed by atoms with E-state index >= 15 is 0 Å². The second kappa shape index (κ2) is 8.09. The molecule has 1 aliphatic heterocycles. The van der Waals surface area contributed by atoms with Crippen molar-refractivity contribution < 1.29 is 19.1 Å². The number of carbonyl (C=O) groups excluding carboxylic acids is 3. The van der Waals surface area contributed by atoms with Gasteiger partial charge < -0.3 is 10.5 Å². The minimum Gasteiger partial charge on any atom is -0.444 e. The summed E-state index contributed by atoms with van der Waals surface area (Å²) in [5, 5.41) is 0. The van der Waals surface area contributed by atoms with Gasteiger partial charge >= 0.3 is 6.09 Å². The standard InChI is InChI=1S/C22H29BrN2O4/c1-21(2,3)29-20(28)25-11-5-4-6-17(25)18(26)13-22(19(24)27)12-16(22)14-7-9-15(23)10-8-14/h7-10,16-17H,4-6,11-13H2,1-3H3,(H2,24,27)/t16-,17+,22-/m1/s1. The largest absolute Gasteiger partial charge is 0.444 e. The Labute approximate surface area is 180 Å². The molecule has 0 spiro atoms. The number of ether oxygens (including phenoxy) is 1. The first kappa shape index (κ1) is 21.8. The van der Waals surface area contributed by atoms with Crippen LogP contribution in [0, 0.1) is 5.41 Å². The van der Waals surface area contributed by atoms with Gasteiger partial charge in [0.05, 0.1) is 11.5 Å². The summed E-state index contributed by atoms with van der Waals surface area (Å²) in [5.74, 6) is -0.608. The molecule has 1 aliphatic carbocycles. The average molecular weight is 465 g/mol. The molecule has 3 atom stereocenters. The number of Topliss-reactive ketones (excluding diaryl/α,β-unsaturated/α-hetero) is 1. The molecule has 3 rings (SSSR count). The predicted octanol–water partition coefficient (Wildman–Crippen LogP) is 4.16. The number of ketones is 1. The monoisotopic (exact) mass is 464 g/mol. The van der Waals surface area contributed by atoms with E-state index in [2.05, 4.69) is 15.9 Å². The highest BCUT2D eigenvalue weighted by Crippen LogP contribution is 2.61. The van der Waals surface area contributed by atoms with E-state index in [1.807, 2.05) is 24.3 Å².